The van der Waals surface area contributed by atoms with Crippen LogP contribution in [-0.2, 0) is 25.9 Å². The van der Waals surface area contributed by atoms with Crippen molar-refractivity contribution in [3.63, 3.8) is 0 Å². The highest BCUT2D eigenvalue weighted by Crippen LogP contribution is 2.21. The van der Waals surface area contributed by atoms with Crippen LogP contribution in [0.5, 0.6) is 0 Å². The Kier molecular flexibility index (Phi) is 4.55. The molecule has 1 aliphatic heterocycles. The lowest BCUT2D eigenvalue weighted by Crippen LogP contribution is -2.26. The minimum atomic E-state index is -0.191. The van der Waals surface area contributed by atoms with Gasteiger partial charge in [0.1, 0.15) is 5.82 Å². The largest absolute Gasteiger partial charge is 0.312 e. The number of benzene rings is 1. The van der Waals surface area contributed by atoms with E-state index < -0.39 is 0 Å². The summed E-state index contributed by atoms with van der Waals surface area (Å²) in [6.07, 6.45) is 1.79. The van der Waals surface area contributed by atoms with Gasteiger partial charge in [0.2, 0.25) is 0 Å². The molecule has 0 saturated heterocycles. The summed E-state index contributed by atoms with van der Waals surface area (Å²) in [5, 5.41) is 8.27. The van der Waals surface area contributed by atoms with Gasteiger partial charge in [-0.25, -0.2) is 4.39 Å². The third-order valence-electron chi connectivity index (χ3n) is 4.13. The maximum absolute atomic E-state index is 13.0. The average Bonchev–Trinajstić information content (AvgIpc) is 2.86. The number of likely N-dealkylation sites (N-methyl/N-ethyl adjacent to an activating group) is 1. The zero-order valence-corrected chi connectivity index (χ0v) is 13.3. The van der Waals surface area contributed by atoms with Crippen molar-refractivity contribution in [2.75, 3.05) is 27.2 Å². The van der Waals surface area contributed by atoms with E-state index in [0.29, 0.717) is 0 Å². The van der Waals surface area contributed by atoms with Crippen molar-refractivity contribution < 1.29 is 4.39 Å². The van der Waals surface area contributed by atoms with Crippen LogP contribution >= 0.6 is 0 Å². The van der Waals surface area contributed by atoms with Crippen LogP contribution in [0.3, 0.4) is 0 Å². The van der Waals surface area contributed by atoms with Gasteiger partial charge in [-0.3, -0.25) is 4.68 Å². The molecule has 0 unspecified atom stereocenters. The van der Waals surface area contributed by atoms with Gasteiger partial charge in [-0.05, 0) is 31.8 Å². The summed E-state index contributed by atoms with van der Waals surface area (Å²) in [6, 6.07) is 6.72. The maximum Gasteiger partial charge on any atom is 0.123 e. The summed E-state index contributed by atoms with van der Waals surface area (Å²) in [5.74, 6) is -0.191. The van der Waals surface area contributed by atoms with E-state index in [9.17, 15) is 4.39 Å². The third kappa shape index (κ3) is 3.36. The first-order chi connectivity index (χ1) is 10.6. The maximum atomic E-state index is 13.0. The van der Waals surface area contributed by atoms with Gasteiger partial charge in [0, 0.05) is 43.7 Å². The fraction of sp³-hybridized carbons (Fsp3) is 0.471. The van der Waals surface area contributed by atoms with E-state index in [1.54, 1.807) is 0 Å². The van der Waals surface area contributed by atoms with Crippen molar-refractivity contribution in [1.82, 2.24) is 20.0 Å². The lowest BCUT2D eigenvalue weighted by atomic mass is 10.0. The van der Waals surface area contributed by atoms with Crippen molar-refractivity contribution in [2.24, 2.45) is 0 Å². The predicted molar refractivity (Wildman–Crippen MR) is 85.4 cm³/mol. The van der Waals surface area contributed by atoms with Gasteiger partial charge >= 0.3 is 0 Å². The van der Waals surface area contributed by atoms with Gasteiger partial charge < -0.3 is 10.2 Å². The van der Waals surface area contributed by atoms with Crippen LogP contribution in [-0.4, -0.2) is 41.9 Å². The average molecular weight is 302 g/mol. The number of nitrogens with one attached hydrogen (secondary N) is 1. The van der Waals surface area contributed by atoms with Crippen molar-refractivity contribution in [2.45, 2.75) is 25.9 Å². The molecule has 0 amide bonds. The lowest BCUT2D eigenvalue weighted by Gasteiger charge is -2.17. The minimum absolute atomic E-state index is 0.191. The normalized spacial score (nSPS) is 14.4. The molecule has 118 valence electrons. The fourth-order valence-corrected chi connectivity index (χ4v) is 2.91. The van der Waals surface area contributed by atoms with Crippen molar-refractivity contribution in [3.05, 3.63) is 52.6 Å². The van der Waals surface area contributed by atoms with E-state index in [2.05, 4.69) is 29.0 Å². The molecule has 0 atom stereocenters. The quantitative estimate of drug-likeness (QED) is 0.914. The van der Waals surface area contributed by atoms with E-state index in [4.69, 9.17) is 5.10 Å². The van der Waals surface area contributed by atoms with Gasteiger partial charge in [0.15, 0.2) is 0 Å². The third-order valence-corrected chi connectivity index (χ3v) is 4.13. The summed E-state index contributed by atoms with van der Waals surface area (Å²) in [5.41, 5.74) is 4.91. The molecule has 5 heteroatoms. The molecule has 1 aromatic heterocycles. The number of fused-ring (bicyclic) bond motifs is 1. The summed E-state index contributed by atoms with van der Waals surface area (Å²) < 4.78 is 15.2. The van der Waals surface area contributed by atoms with Gasteiger partial charge in [-0.15, -0.1) is 0 Å². The minimum Gasteiger partial charge on any atom is -0.312 e. The van der Waals surface area contributed by atoms with Crippen molar-refractivity contribution >= 4 is 0 Å². The molecule has 0 spiro atoms. The zero-order valence-electron chi connectivity index (χ0n) is 13.3. The molecule has 0 aliphatic carbocycles. The van der Waals surface area contributed by atoms with E-state index in [-0.39, 0.29) is 5.82 Å². The Morgan fingerprint density at radius 2 is 2.05 bits per heavy atom. The summed E-state index contributed by atoms with van der Waals surface area (Å²) in [6.45, 7) is 3.79. The van der Waals surface area contributed by atoms with Crippen LogP contribution in [0.4, 0.5) is 4.39 Å². The molecule has 0 bridgehead atoms. The molecule has 0 radical (unpaired) electrons. The first-order valence-corrected chi connectivity index (χ1v) is 7.81. The van der Waals surface area contributed by atoms with Crippen LogP contribution < -0.4 is 5.32 Å². The van der Waals surface area contributed by atoms with Gasteiger partial charge in [-0.2, -0.15) is 5.10 Å². The van der Waals surface area contributed by atoms with E-state index in [1.165, 1.54) is 23.4 Å². The first kappa shape index (κ1) is 15.2. The zero-order chi connectivity index (χ0) is 15.5. The molecule has 3 rings (SSSR count). The molecule has 22 heavy (non-hydrogen) atoms. The van der Waals surface area contributed by atoms with Crippen LogP contribution in [0.1, 0.15) is 22.5 Å². The summed E-state index contributed by atoms with van der Waals surface area (Å²) in [7, 11) is 4.16. The Bertz CT molecular complexity index is 631. The molecule has 2 aromatic rings. The second-order valence-corrected chi connectivity index (χ2v) is 6.13. The monoisotopic (exact) mass is 302 g/mol. The number of hydrogen-bond acceptors (Lipinski definition) is 3. The predicted octanol–water partition coefficient (Wildman–Crippen LogP) is 1.82. The number of rotatable bonds is 5. The Balaban J connectivity index is 1.85. The molecule has 0 saturated carbocycles. The van der Waals surface area contributed by atoms with E-state index in [0.717, 1.165) is 50.3 Å². The second kappa shape index (κ2) is 6.58. The molecule has 1 aliphatic rings. The summed E-state index contributed by atoms with van der Waals surface area (Å²) in [4.78, 5) is 2.18. The molecule has 0 fully saturated rings. The number of aromatic nitrogens is 2. The number of halogens is 1. The van der Waals surface area contributed by atoms with E-state index in [1.807, 2.05) is 12.1 Å². The Labute approximate surface area is 130 Å². The van der Waals surface area contributed by atoms with Crippen molar-refractivity contribution in [3.8, 4) is 0 Å². The highest BCUT2D eigenvalue weighted by molar-refractivity contribution is 5.33. The van der Waals surface area contributed by atoms with Crippen LogP contribution in [0.25, 0.3) is 0 Å². The number of nitrogens with zero attached hydrogens (tertiary/aromatic N) is 3. The molecule has 4 nitrogen and oxygen atoms in total. The van der Waals surface area contributed by atoms with Crippen LogP contribution in [0, 0.1) is 5.82 Å². The van der Waals surface area contributed by atoms with Gasteiger partial charge in [-0.1, -0.05) is 12.1 Å². The Morgan fingerprint density at radius 3 is 2.77 bits per heavy atom. The molecule has 1 N–H and O–H groups in total. The lowest BCUT2D eigenvalue weighted by molar-refractivity contribution is 0.367. The Hall–Kier alpha value is -1.72. The highest BCUT2D eigenvalue weighted by Gasteiger charge is 2.20. The smallest absolute Gasteiger partial charge is 0.123 e. The standard InChI is InChI=1S/C17H23FN4/c1-21(2)9-10-22-17-7-8-19-12-15(17)16(20-22)11-13-3-5-14(18)6-4-13/h3-6,19H,7-12H2,1-2H3. The fourth-order valence-electron chi connectivity index (χ4n) is 2.91. The van der Waals surface area contributed by atoms with Crippen LogP contribution in [0.15, 0.2) is 24.3 Å². The molecular weight excluding hydrogens is 279 g/mol. The molecular formula is C17H23FN4. The van der Waals surface area contributed by atoms with Crippen molar-refractivity contribution in [1.29, 1.82) is 0 Å². The van der Waals surface area contributed by atoms with Gasteiger partial charge in [0.05, 0.1) is 12.2 Å². The molecule has 1 aromatic carbocycles. The van der Waals surface area contributed by atoms with E-state index >= 15 is 0 Å². The molecule has 2 heterocycles. The SMILES string of the molecule is CN(C)CCn1nc(Cc2ccc(F)cc2)c2c1CCNC2. The Morgan fingerprint density at radius 1 is 1.27 bits per heavy atom. The number of hydrogen-bond donors (Lipinski definition) is 1. The van der Waals surface area contributed by atoms with Crippen LogP contribution in [0.2, 0.25) is 0 Å². The second-order valence-electron chi connectivity index (χ2n) is 6.13. The van der Waals surface area contributed by atoms with Gasteiger partial charge in [0.25, 0.3) is 0 Å². The first-order valence-electron chi connectivity index (χ1n) is 7.81. The highest BCUT2D eigenvalue weighted by atomic mass is 19.1. The topological polar surface area (TPSA) is 33.1 Å². The summed E-state index contributed by atoms with van der Waals surface area (Å²) >= 11 is 0.